The van der Waals surface area contributed by atoms with E-state index in [2.05, 4.69) is 27.1 Å². The third kappa shape index (κ3) is 3.38. The highest BCUT2D eigenvalue weighted by atomic mass is 32.1. The molecule has 1 aliphatic heterocycles. The van der Waals surface area contributed by atoms with Crippen LogP contribution in [0.1, 0.15) is 42.1 Å². The van der Waals surface area contributed by atoms with Crippen molar-refractivity contribution in [3.8, 4) is 5.88 Å². The fourth-order valence-electron chi connectivity index (χ4n) is 3.84. The first-order chi connectivity index (χ1) is 13.6. The van der Waals surface area contributed by atoms with E-state index in [-0.39, 0.29) is 23.8 Å². The number of rotatable bonds is 5. The van der Waals surface area contributed by atoms with Crippen LogP contribution in [-0.4, -0.2) is 50.8 Å². The summed E-state index contributed by atoms with van der Waals surface area (Å²) in [4.78, 5) is 20.2. The molecule has 0 radical (unpaired) electrons. The lowest BCUT2D eigenvalue weighted by Crippen LogP contribution is -2.39. The molecule has 0 unspecified atom stereocenters. The maximum Gasteiger partial charge on any atom is 0.308 e. The highest BCUT2D eigenvalue weighted by molar-refractivity contribution is 7.17. The summed E-state index contributed by atoms with van der Waals surface area (Å²) < 4.78 is 6.45. The maximum atomic E-state index is 11.9. The van der Waals surface area contributed by atoms with Gasteiger partial charge in [0.05, 0.1) is 23.9 Å². The number of aryl methyl sites for hydroxylation is 1. The van der Waals surface area contributed by atoms with Crippen LogP contribution in [0, 0.1) is 5.92 Å². The molecule has 3 aromatic rings. The van der Waals surface area contributed by atoms with E-state index in [1.165, 1.54) is 23.0 Å². The van der Waals surface area contributed by atoms with Gasteiger partial charge >= 0.3 is 5.97 Å². The standard InChI is InChI=1S/C20H24N4O3S/c1-3-15-21-20-24(22-15)18(25)17(28-20)16(13-7-5-4-6-8-13)23-11-9-14(10-12-23)19(26)27-2/h4-8,14,16,25H,3,9-12H2,1-2H3/t16-/m1/s1. The van der Waals surface area contributed by atoms with Gasteiger partial charge in [0, 0.05) is 6.42 Å². The first kappa shape index (κ1) is 18.9. The van der Waals surface area contributed by atoms with E-state index in [1.807, 2.05) is 25.1 Å². The van der Waals surface area contributed by atoms with E-state index in [9.17, 15) is 9.90 Å². The van der Waals surface area contributed by atoms with Crippen molar-refractivity contribution in [2.24, 2.45) is 5.92 Å². The van der Waals surface area contributed by atoms with Gasteiger partial charge in [-0.3, -0.25) is 9.69 Å². The smallest absolute Gasteiger partial charge is 0.308 e. The Bertz CT molecular complexity index is 961. The Hall–Kier alpha value is -2.45. The number of aromatic nitrogens is 3. The minimum absolute atomic E-state index is 0.0549. The second-order valence-corrected chi connectivity index (χ2v) is 8.02. The fraction of sp³-hybridized carbons (Fsp3) is 0.450. The van der Waals surface area contributed by atoms with Gasteiger partial charge in [0.1, 0.15) is 0 Å². The number of fused-ring (bicyclic) bond motifs is 1. The quantitative estimate of drug-likeness (QED) is 0.663. The molecule has 1 aromatic carbocycles. The van der Waals surface area contributed by atoms with Crippen molar-refractivity contribution < 1.29 is 14.6 Å². The molecule has 3 heterocycles. The number of piperidine rings is 1. The summed E-state index contributed by atoms with van der Waals surface area (Å²) in [6.07, 6.45) is 2.22. The molecule has 7 nitrogen and oxygen atoms in total. The number of esters is 1. The lowest BCUT2D eigenvalue weighted by molar-refractivity contribution is -0.147. The van der Waals surface area contributed by atoms with Gasteiger partial charge in [-0.15, -0.1) is 5.10 Å². The molecule has 0 saturated carbocycles. The number of carbonyl (C=O) groups excluding carboxylic acids is 1. The number of likely N-dealkylation sites (tertiary alicyclic amines) is 1. The molecule has 1 N–H and O–H groups in total. The molecular weight excluding hydrogens is 376 g/mol. The lowest BCUT2D eigenvalue weighted by atomic mass is 9.94. The van der Waals surface area contributed by atoms with E-state index >= 15 is 0 Å². The molecule has 8 heteroatoms. The first-order valence-corrected chi connectivity index (χ1v) is 10.4. The third-order valence-corrected chi connectivity index (χ3v) is 6.43. The molecule has 0 bridgehead atoms. The predicted molar refractivity (Wildman–Crippen MR) is 107 cm³/mol. The van der Waals surface area contributed by atoms with Crippen LogP contribution in [0.25, 0.3) is 4.96 Å². The van der Waals surface area contributed by atoms with Gasteiger partial charge in [0.15, 0.2) is 5.82 Å². The average molecular weight is 401 g/mol. The molecule has 1 atom stereocenters. The number of thiazole rings is 1. The molecule has 0 aliphatic carbocycles. The van der Waals surface area contributed by atoms with E-state index < -0.39 is 0 Å². The Kier molecular flexibility index (Phi) is 5.32. The molecule has 1 fully saturated rings. The van der Waals surface area contributed by atoms with E-state index in [0.29, 0.717) is 4.96 Å². The highest BCUT2D eigenvalue weighted by Crippen LogP contribution is 2.41. The average Bonchev–Trinajstić information content (AvgIpc) is 3.28. The second kappa shape index (κ2) is 7.89. The largest absolute Gasteiger partial charge is 0.492 e. The van der Waals surface area contributed by atoms with Crippen LogP contribution >= 0.6 is 11.3 Å². The molecule has 0 spiro atoms. The van der Waals surface area contributed by atoms with Gasteiger partial charge in [-0.05, 0) is 31.5 Å². The molecule has 28 heavy (non-hydrogen) atoms. The fourth-order valence-corrected chi connectivity index (χ4v) is 4.98. The zero-order valence-corrected chi connectivity index (χ0v) is 16.9. The van der Waals surface area contributed by atoms with Crippen molar-refractivity contribution in [2.45, 2.75) is 32.2 Å². The van der Waals surface area contributed by atoms with Crippen LogP contribution in [0.4, 0.5) is 0 Å². The monoisotopic (exact) mass is 400 g/mol. The normalized spacial score (nSPS) is 17.1. The van der Waals surface area contributed by atoms with Crippen molar-refractivity contribution in [1.82, 2.24) is 19.5 Å². The van der Waals surface area contributed by atoms with Crippen molar-refractivity contribution in [1.29, 1.82) is 0 Å². The molecule has 4 rings (SSSR count). The number of carbonyl (C=O) groups is 1. The van der Waals surface area contributed by atoms with Gasteiger partial charge in [-0.25, -0.2) is 4.98 Å². The summed E-state index contributed by atoms with van der Waals surface area (Å²) in [6, 6.07) is 10.0. The number of benzene rings is 1. The van der Waals surface area contributed by atoms with E-state index in [1.54, 1.807) is 0 Å². The van der Waals surface area contributed by atoms with Crippen LogP contribution in [0.3, 0.4) is 0 Å². The summed E-state index contributed by atoms with van der Waals surface area (Å²) in [5.41, 5.74) is 1.11. The molecule has 2 aromatic heterocycles. The minimum atomic E-state index is -0.135. The highest BCUT2D eigenvalue weighted by Gasteiger charge is 2.34. The van der Waals surface area contributed by atoms with Gasteiger partial charge in [0.2, 0.25) is 10.8 Å². The van der Waals surface area contributed by atoms with Gasteiger partial charge in [0.25, 0.3) is 0 Å². The number of methoxy groups -OCH3 is 1. The SMILES string of the molecule is CCc1nc2sc([C@@H](c3ccccc3)N3CCC(C(=O)OC)CC3)c(O)n2n1. The van der Waals surface area contributed by atoms with Crippen molar-refractivity contribution in [3.05, 3.63) is 46.6 Å². The Balaban J connectivity index is 1.69. The maximum absolute atomic E-state index is 11.9. The minimum Gasteiger partial charge on any atom is -0.492 e. The Labute approximate surface area is 167 Å². The Morgan fingerprint density at radius 2 is 2.04 bits per heavy atom. The summed E-state index contributed by atoms with van der Waals surface area (Å²) >= 11 is 1.47. The van der Waals surface area contributed by atoms with Crippen LogP contribution in [-0.2, 0) is 16.0 Å². The zero-order chi connectivity index (χ0) is 19.7. The number of hydrogen-bond acceptors (Lipinski definition) is 7. The lowest BCUT2D eigenvalue weighted by Gasteiger charge is -2.36. The summed E-state index contributed by atoms with van der Waals surface area (Å²) in [5, 5.41) is 15.3. The van der Waals surface area contributed by atoms with Gasteiger partial charge < -0.3 is 9.84 Å². The number of nitrogens with zero attached hydrogens (tertiary/aromatic N) is 4. The number of aromatic hydroxyl groups is 1. The van der Waals surface area contributed by atoms with Crippen molar-refractivity contribution in [3.63, 3.8) is 0 Å². The number of hydrogen-bond donors (Lipinski definition) is 1. The van der Waals surface area contributed by atoms with Crippen LogP contribution in [0.5, 0.6) is 5.88 Å². The van der Waals surface area contributed by atoms with Crippen molar-refractivity contribution in [2.75, 3.05) is 20.2 Å². The first-order valence-electron chi connectivity index (χ1n) is 9.56. The molecule has 0 amide bonds. The summed E-state index contributed by atoms with van der Waals surface area (Å²) in [5.74, 6) is 0.685. The number of ether oxygens (including phenoxy) is 1. The van der Waals surface area contributed by atoms with Crippen LogP contribution < -0.4 is 0 Å². The predicted octanol–water partition coefficient (Wildman–Crippen LogP) is 3.03. The molecule has 1 aliphatic rings. The third-order valence-electron chi connectivity index (χ3n) is 5.35. The van der Waals surface area contributed by atoms with E-state index in [0.717, 1.165) is 48.6 Å². The summed E-state index contributed by atoms with van der Waals surface area (Å²) in [7, 11) is 1.44. The van der Waals surface area contributed by atoms with Crippen LogP contribution in [0.2, 0.25) is 0 Å². The Morgan fingerprint density at radius 1 is 1.32 bits per heavy atom. The molecule has 1 saturated heterocycles. The van der Waals surface area contributed by atoms with Crippen LogP contribution in [0.15, 0.2) is 30.3 Å². The Morgan fingerprint density at radius 3 is 2.64 bits per heavy atom. The zero-order valence-electron chi connectivity index (χ0n) is 16.0. The topological polar surface area (TPSA) is 80.0 Å². The van der Waals surface area contributed by atoms with E-state index in [4.69, 9.17) is 4.74 Å². The molecule has 148 valence electrons. The molecular formula is C20H24N4O3S. The van der Waals surface area contributed by atoms with Gasteiger partial charge in [-0.2, -0.15) is 4.52 Å². The van der Waals surface area contributed by atoms with Gasteiger partial charge in [-0.1, -0.05) is 48.6 Å². The second-order valence-electron chi connectivity index (χ2n) is 7.01. The van der Waals surface area contributed by atoms with Crippen molar-refractivity contribution >= 4 is 22.3 Å². The summed E-state index contributed by atoms with van der Waals surface area (Å²) in [6.45, 7) is 3.51.